The maximum Gasteiger partial charge on any atom is 0.407 e. The molecule has 4 N–H and O–H groups in total. The van der Waals surface area contributed by atoms with E-state index >= 15 is 0 Å². The van der Waals surface area contributed by atoms with E-state index in [1.807, 2.05) is 0 Å². The summed E-state index contributed by atoms with van der Waals surface area (Å²) in [6.07, 6.45) is -2.91. The van der Waals surface area contributed by atoms with E-state index in [1.165, 1.54) is 0 Å². The Balaban J connectivity index is 4.81. The number of nitrogens with one attached hydrogen (secondary N) is 1. The monoisotopic (exact) mass is 282 g/mol. The number of aliphatic hydroxyl groups excluding tert-OH is 1. The number of halogens is 2. The first-order valence-electron chi connectivity index (χ1n) is 6.16. The van der Waals surface area contributed by atoms with Crippen LogP contribution in [-0.4, -0.2) is 41.4 Å². The molecule has 7 heteroatoms. The number of nitrogens with two attached hydrogens (primary N) is 1. The summed E-state index contributed by atoms with van der Waals surface area (Å²) in [6.45, 7) is 7.19. The van der Waals surface area contributed by atoms with Crippen LogP contribution in [0, 0.1) is 5.92 Å². The first-order valence-corrected chi connectivity index (χ1v) is 6.16. The predicted octanol–water partition coefficient (Wildman–Crippen LogP) is 1.49. The number of carbonyl (C=O) groups excluding carboxylic acids is 1. The van der Waals surface area contributed by atoms with Crippen molar-refractivity contribution in [2.75, 3.05) is 6.54 Å². The molecule has 0 radical (unpaired) electrons. The molecule has 0 aromatic carbocycles. The van der Waals surface area contributed by atoms with E-state index in [-0.39, 0.29) is 0 Å². The van der Waals surface area contributed by atoms with E-state index in [0.717, 1.165) is 0 Å². The molecule has 0 aliphatic carbocycles. The van der Waals surface area contributed by atoms with E-state index in [0.29, 0.717) is 0 Å². The number of hydrogen-bond donors (Lipinski definition) is 3. The van der Waals surface area contributed by atoms with E-state index in [9.17, 15) is 18.7 Å². The van der Waals surface area contributed by atoms with Gasteiger partial charge < -0.3 is 20.9 Å². The fourth-order valence-corrected chi connectivity index (χ4v) is 1.44. The summed E-state index contributed by atoms with van der Waals surface area (Å²) in [7, 11) is 0. The van der Waals surface area contributed by atoms with Crippen LogP contribution >= 0.6 is 0 Å². The Morgan fingerprint density at radius 1 is 1.37 bits per heavy atom. The molecule has 0 saturated heterocycles. The Morgan fingerprint density at radius 2 is 1.84 bits per heavy atom. The van der Waals surface area contributed by atoms with E-state index in [4.69, 9.17) is 10.5 Å². The third-order valence-electron chi connectivity index (χ3n) is 2.45. The summed E-state index contributed by atoms with van der Waals surface area (Å²) in [6, 6.07) is -1.15. The molecule has 114 valence electrons. The van der Waals surface area contributed by atoms with Gasteiger partial charge in [-0.15, -0.1) is 0 Å². The van der Waals surface area contributed by atoms with Crippen LogP contribution in [0.3, 0.4) is 0 Å². The highest BCUT2D eigenvalue weighted by Gasteiger charge is 2.44. The van der Waals surface area contributed by atoms with Crippen molar-refractivity contribution in [2.24, 2.45) is 11.7 Å². The molecular weight excluding hydrogens is 258 g/mol. The zero-order chi connectivity index (χ0) is 15.4. The minimum Gasteiger partial charge on any atom is -0.444 e. The van der Waals surface area contributed by atoms with Gasteiger partial charge in [0.2, 0.25) is 0 Å². The van der Waals surface area contributed by atoms with Crippen LogP contribution in [0.5, 0.6) is 0 Å². The molecular formula is C12H24F2N2O3. The third-order valence-corrected chi connectivity index (χ3v) is 2.45. The lowest BCUT2D eigenvalue weighted by molar-refractivity contribution is -0.119. The predicted molar refractivity (Wildman–Crippen MR) is 68.0 cm³/mol. The van der Waals surface area contributed by atoms with Crippen LogP contribution in [0.1, 0.15) is 34.6 Å². The average Bonchev–Trinajstić information content (AvgIpc) is 2.22. The highest BCUT2D eigenvalue weighted by atomic mass is 19.3. The molecule has 0 bridgehead atoms. The largest absolute Gasteiger partial charge is 0.444 e. The van der Waals surface area contributed by atoms with E-state index in [1.54, 1.807) is 34.6 Å². The van der Waals surface area contributed by atoms with Crippen LogP contribution < -0.4 is 11.1 Å². The molecule has 2 atom stereocenters. The van der Waals surface area contributed by atoms with Gasteiger partial charge in [0.05, 0.1) is 12.6 Å². The normalized spacial score (nSPS) is 16.1. The van der Waals surface area contributed by atoms with Gasteiger partial charge in [-0.25, -0.2) is 13.6 Å². The quantitative estimate of drug-likeness (QED) is 0.713. The fraction of sp³-hybridized carbons (Fsp3) is 0.917. The van der Waals surface area contributed by atoms with Gasteiger partial charge in [-0.05, 0) is 26.7 Å². The maximum absolute atomic E-state index is 13.4. The first-order chi connectivity index (χ1) is 8.40. The number of alkyl halides is 2. The van der Waals surface area contributed by atoms with Gasteiger partial charge >= 0.3 is 6.09 Å². The second-order valence-electron chi connectivity index (χ2n) is 5.83. The van der Waals surface area contributed by atoms with Crippen molar-refractivity contribution in [3.63, 3.8) is 0 Å². The Kier molecular flexibility index (Phi) is 6.15. The molecule has 5 nitrogen and oxygen atoms in total. The van der Waals surface area contributed by atoms with E-state index < -0.39 is 42.2 Å². The Bertz CT molecular complexity index is 304. The van der Waals surface area contributed by atoms with Gasteiger partial charge in [0.15, 0.2) is 0 Å². The molecule has 1 amide bonds. The average molecular weight is 282 g/mol. The lowest BCUT2D eigenvalue weighted by Gasteiger charge is -2.32. The van der Waals surface area contributed by atoms with Gasteiger partial charge in [0, 0.05) is 0 Å². The zero-order valence-electron chi connectivity index (χ0n) is 12.0. The van der Waals surface area contributed by atoms with Crippen molar-refractivity contribution in [1.29, 1.82) is 0 Å². The van der Waals surface area contributed by atoms with Crippen LogP contribution in [0.15, 0.2) is 0 Å². The molecule has 0 spiro atoms. The number of ether oxygens (including phenoxy) is 1. The number of rotatable bonds is 5. The van der Waals surface area contributed by atoms with Crippen LogP contribution in [0.25, 0.3) is 0 Å². The van der Waals surface area contributed by atoms with Crippen molar-refractivity contribution >= 4 is 6.09 Å². The maximum atomic E-state index is 13.4. The Labute approximate surface area is 112 Å². The van der Waals surface area contributed by atoms with Gasteiger partial charge in [-0.3, -0.25) is 0 Å². The van der Waals surface area contributed by atoms with Gasteiger partial charge in [0.1, 0.15) is 11.7 Å². The van der Waals surface area contributed by atoms with Crippen molar-refractivity contribution in [3.05, 3.63) is 0 Å². The summed E-state index contributed by atoms with van der Waals surface area (Å²) >= 11 is 0. The lowest BCUT2D eigenvalue weighted by Crippen LogP contribution is -2.56. The number of carbonyl (C=O) groups is 1. The number of hydrogen-bond acceptors (Lipinski definition) is 4. The summed E-state index contributed by atoms with van der Waals surface area (Å²) in [5.74, 6) is -3.87. The van der Waals surface area contributed by atoms with Crippen LogP contribution in [0.2, 0.25) is 0 Å². The summed E-state index contributed by atoms with van der Waals surface area (Å²) in [4.78, 5) is 11.6. The van der Waals surface area contributed by atoms with Crippen LogP contribution in [0.4, 0.5) is 13.6 Å². The SMILES string of the molecule is CC(C)C(NC(=O)OC(C)(C)C)C(O)C(F)(F)CN. The fourth-order valence-electron chi connectivity index (χ4n) is 1.44. The molecule has 19 heavy (non-hydrogen) atoms. The standard InChI is InChI=1S/C12H24F2N2O3/c1-7(2)8(9(17)12(13,14)6-15)16-10(18)19-11(3,4)5/h7-9,17H,6,15H2,1-5H3,(H,16,18). The first kappa shape index (κ1) is 18.0. The lowest BCUT2D eigenvalue weighted by atomic mass is 9.94. The highest BCUT2D eigenvalue weighted by Crippen LogP contribution is 2.23. The second kappa shape index (κ2) is 6.47. The second-order valence-corrected chi connectivity index (χ2v) is 5.83. The molecule has 0 aliphatic heterocycles. The minimum absolute atomic E-state index is 0.403. The Hall–Kier alpha value is -0.950. The molecule has 0 rings (SSSR count). The zero-order valence-corrected chi connectivity index (χ0v) is 12.0. The number of amides is 1. The van der Waals surface area contributed by atoms with Crippen molar-refractivity contribution in [1.82, 2.24) is 5.32 Å². The summed E-state index contributed by atoms with van der Waals surface area (Å²) < 4.78 is 31.7. The summed E-state index contributed by atoms with van der Waals surface area (Å²) in [5.41, 5.74) is 4.18. The van der Waals surface area contributed by atoms with Crippen molar-refractivity contribution in [3.8, 4) is 0 Å². The third kappa shape index (κ3) is 6.15. The van der Waals surface area contributed by atoms with Crippen molar-refractivity contribution < 1.29 is 23.4 Å². The van der Waals surface area contributed by atoms with Gasteiger partial charge in [0.25, 0.3) is 5.92 Å². The number of aliphatic hydroxyl groups is 1. The molecule has 2 unspecified atom stereocenters. The molecule has 0 fully saturated rings. The Morgan fingerprint density at radius 3 is 2.16 bits per heavy atom. The van der Waals surface area contributed by atoms with Crippen LogP contribution in [-0.2, 0) is 4.74 Å². The molecule has 0 aliphatic rings. The molecule has 0 saturated carbocycles. The smallest absolute Gasteiger partial charge is 0.407 e. The minimum atomic E-state index is -3.47. The molecule has 0 heterocycles. The molecule has 0 aromatic rings. The number of alkyl carbamates (subject to hydrolysis) is 1. The van der Waals surface area contributed by atoms with Gasteiger partial charge in [-0.2, -0.15) is 0 Å². The van der Waals surface area contributed by atoms with E-state index in [2.05, 4.69) is 5.32 Å². The van der Waals surface area contributed by atoms with Gasteiger partial charge in [-0.1, -0.05) is 13.8 Å². The molecule has 0 aromatic heterocycles. The van der Waals surface area contributed by atoms with Crippen molar-refractivity contribution in [2.45, 2.75) is 58.3 Å². The topological polar surface area (TPSA) is 84.6 Å². The highest BCUT2D eigenvalue weighted by molar-refractivity contribution is 5.68. The summed E-state index contributed by atoms with van der Waals surface area (Å²) in [5, 5.41) is 11.9.